The zero-order valence-corrected chi connectivity index (χ0v) is 14.3. The molecule has 126 valence electrons. The number of unbranched alkanes of at least 4 members (excludes halogenated alkanes) is 1. The second kappa shape index (κ2) is 7.40. The first kappa shape index (κ1) is 16.4. The van der Waals surface area contributed by atoms with Crippen molar-refractivity contribution in [1.82, 2.24) is 9.88 Å². The highest BCUT2D eigenvalue weighted by molar-refractivity contribution is 7.15. The molecule has 2 aliphatic heterocycles. The van der Waals surface area contributed by atoms with Crippen LogP contribution in [-0.4, -0.2) is 41.0 Å². The standard InChI is InChI=1S/C16H23N3O3S/c1-2-3-6-14(20)19-8-7-11-13(10-19)23-16(17-11)18-15(21)12-5-4-9-22-12/h12H,2-10H2,1H3,(H,17,18,21). The monoisotopic (exact) mass is 337 g/mol. The summed E-state index contributed by atoms with van der Waals surface area (Å²) in [5.74, 6) is 0.111. The molecule has 3 rings (SSSR count). The van der Waals surface area contributed by atoms with Gasteiger partial charge in [0, 0.05) is 30.9 Å². The Morgan fingerprint density at radius 2 is 2.35 bits per heavy atom. The molecule has 1 aromatic rings. The molecule has 0 spiro atoms. The third-order valence-corrected chi connectivity index (χ3v) is 5.28. The third kappa shape index (κ3) is 3.90. The quantitative estimate of drug-likeness (QED) is 0.895. The van der Waals surface area contributed by atoms with Crippen molar-refractivity contribution in [1.29, 1.82) is 0 Å². The molecule has 23 heavy (non-hydrogen) atoms. The van der Waals surface area contributed by atoms with Gasteiger partial charge in [-0.2, -0.15) is 0 Å². The van der Waals surface area contributed by atoms with Crippen LogP contribution in [-0.2, 0) is 27.3 Å². The van der Waals surface area contributed by atoms with Crippen LogP contribution in [0.1, 0.15) is 49.6 Å². The predicted molar refractivity (Wildman–Crippen MR) is 88.4 cm³/mol. The van der Waals surface area contributed by atoms with Crippen molar-refractivity contribution in [3.63, 3.8) is 0 Å². The highest BCUT2D eigenvalue weighted by Gasteiger charge is 2.27. The molecule has 1 fully saturated rings. The minimum atomic E-state index is -0.344. The van der Waals surface area contributed by atoms with Crippen molar-refractivity contribution in [2.75, 3.05) is 18.5 Å². The van der Waals surface area contributed by atoms with E-state index < -0.39 is 0 Å². The largest absolute Gasteiger partial charge is 0.368 e. The van der Waals surface area contributed by atoms with Crippen LogP contribution >= 0.6 is 11.3 Å². The van der Waals surface area contributed by atoms with Crippen molar-refractivity contribution in [2.45, 2.75) is 58.1 Å². The van der Waals surface area contributed by atoms with Crippen LogP contribution in [0.15, 0.2) is 0 Å². The average Bonchev–Trinajstić information content (AvgIpc) is 3.20. The lowest BCUT2D eigenvalue weighted by molar-refractivity contribution is -0.132. The van der Waals surface area contributed by atoms with Gasteiger partial charge in [0.25, 0.3) is 5.91 Å². The average molecular weight is 337 g/mol. The number of fused-ring (bicyclic) bond motifs is 1. The minimum Gasteiger partial charge on any atom is -0.368 e. The number of aromatic nitrogens is 1. The number of rotatable bonds is 5. The van der Waals surface area contributed by atoms with E-state index in [0.717, 1.165) is 49.2 Å². The smallest absolute Gasteiger partial charge is 0.255 e. The molecular weight excluding hydrogens is 314 g/mol. The van der Waals surface area contributed by atoms with Crippen LogP contribution in [0, 0.1) is 0 Å². The van der Waals surface area contributed by atoms with Gasteiger partial charge in [0.2, 0.25) is 5.91 Å². The second-order valence-electron chi connectivity index (χ2n) is 6.05. The summed E-state index contributed by atoms with van der Waals surface area (Å²) < 4.78 is 5.39. The van der Waals surface area contributed by atoms with E-state index in [1.807, 2.05) is 4.90 Å². The number of ether oxygens (including phenoxy) is 1. The number of anilines is 1. The molecule has 1 N–H and O–H groups in total. The Balaban J connectivity index is 1.59. The first-order valence-corrected chi connectivity index (χ1v) is 9.18. The maximum atomic E-state index is 12.1. The molecule has 0 saturated carbocycles. The maximum absolute atomic E-state index is 12.1. The molecule has 0 aromatic carbocycles. The van der Waals surface area contributed by atoms with Gasteiger partial charge in [0.1, 0.15) is 6.10 Å². The summed E-state index contributed by atoms with van der Waals surface area (Å²) in [6.45, 7) is 4.08. The summed E-state index contributed by atoms with van der Waals surface area (Å²) in [5, 5.41) is 3.48. The molecule has 1 unspecified atom stereocenters. The topological polar surface area (TPSA) is 71.5 Å². The predicted octanol–water partition coefficient (Wildman–Crippen LogP) is 2.34. The number of hydrogen-bond donors (Lipinski definition) is 1. The first-order chi connectivity index (χ1) is 11.2. The van der Waals surface area contributed by atoms with E-state index in [4.69, 9.17) is 4.74 Å². The van der Waals surface area contributed by atoms with Crippen LogP contribution in [0.25, 0.3) is 0 Å². The molecule has 2 amide bonds. The van der Waals surface area contributed by atoms with Gasteiger partial charge < -0.3 is 9.64 Å². The van der Waals surface area contributed by atoms with Gasteiger partial charge in [-0.15, -0.1) is 0 Å². The Hall–Kier alpha value is -1.47. The van der Waals surface area contributed by atoms with E-state index >= 15 is 0 Å². The molecular formula is C16H23N3O3S. The molecule has 6 nitrogen and oxygen atoms in total. The SMILES string of the molecule is CCCCC(=O)N1CCc2nc(NC(=O)C3CCCO3)sc2C1. The van der Waals surface area contributed by atoms with E-state index in [0.29, 0.717) is 24.7 Å². The number of carbonyl (C=O) groups is 2. The van der Waals surface area contributed by atoms with E-state index in [-0.39, 0.29) is 17.9 Å². The lowest BCUT2D eigenvalue weighted by Crippen LogP contribution is -2.35. The zero-order chi connectivity index (χ0) is 16.2. The lowest BCUT2D eigenvalue weighted by Gasteiger charge is -2.26. The normalized spacial score (nSPS) is 20.4. The van der Waals surface area contributed by atoms with Crippen LogP contribution < -0.4 is 5.32 Å². The minimum absolute atomic E-state index is 0.107. The van der Waals surface area contributed by atoms with Gasteiger partial charge in [-0.05, 0) is 19.3 Å². The van der Waals surface area contributed by atoms with Gasteiger partial charge in [0.15, 0.2) is 5.13 Å². The fourth-order valence-corrected chi connectivity index (χ4v) is 3.95. The molecule has 1 aromatic heterocycles. The third-order valence-electron chi connectivity index (χ3n) is 4.28. The van der Waals surface area contributed by atoms with Crippen molar-refractivity contribution in [2.24, 2.45) is 0 Å². The van der Waals surface area contributed by atoms with Gasteiger partial charge in [0.05, 0.1) is 12.2 Å². The van der Waals surface area contributed by atoms with Gasteiger partial charge >= 0.3 is 0 Å². The molecule has 0 aliphatic carbocycles. The van der Waals surface area contributed by atoms with Crippen LogP contribution in [0.3, 0.4) is 0 Å². The van der Waals surface area contributed by atoms with Crippen LogP contribution in [0.4, 0.5) is 5.13 Å². The summed E-state index contributed by atoms with van der Waals surface area (Å²) in [5.41, 5.74) is 1.01. The van der Waals surface area contributed by atoms with Crippen molar-refractivity contribution in [3.8, 4) is 0 Å². The highest BCUT2D eigenvalue weighted by atomic mass is 32.1. The Morgan fingerprint density at radius 1 is 1.48 bits per heavy atom. The van der Waals surface area contributed by atoms with Crippen molar-refractivity contribution in [3.05, 3.63) is 10.6 Å². The molecule has 1 atom stereocenters. The molecule has 0 radical (unpaired) electrons. The van der Waals surface area contributed by atoms with Gasteiger partial charge in [-0.1, -0.05) is 24.7 Å². The van der Waals surface area contributed by atoms with E-state index in [9.17, 15) is 9.59 Å². The van der Waals surface area contributed by atoms with E-state index in [1.54, 1.807) is 0 Å². The lowest BCUT2D eigenvalue weighted by atomic mass is 10.1. The summed E-state index contributed by atoms with van der Waals surface area (Å²) in [4.78, 5) is 31.7. The number of carbonyl (C=O) groups excluding carboxylic acids is 2. The Labute approximate surface area is 140 Å². The summed E-state index contributed by atoms with van der Waals surface area (Å²) in [6.07, 6.45) is 4.71. The molecule has 3 heterocycles. The number of amides is 2. The zero-order valence-electron chi connectivity index (χ0n) is 13.5. The summed E-state index contributed by atoms with van der Waals surface area (Å²) >= 11 is 1.47. The van der Waals surface area contributed by atoms with Crippen molar-refractivity contribution < 1.29 is 14.3 Å². The summed E-state index contributed by atoms with van der Waals surface area (Å²) in [6, 6.07) is 0. The number of thiazole rings is 1. The van der Waals surface area contributed by atoms with Gasteiger partial charge in [-0.25, -0.2) is 4.98 Å². The molecule has 2 aliphatic rings. The molecule has 7 heteroatoms. The Morgan fingerprint density at radius 3 is 3.09 bits per heavy atom. The fraction of sp³-hybridized carbons (Fsp3) is 0.688. The molecule has 1 saturated heterocycles. The van der Waals surface area contributed by atoms with Crippen LogP contribution in [0.2, 0.25) is 0 Å². The second-order valence-corrected chi connectivity index (χ2v) is 7.13. The number of nitrogens with zero attached hydrogens (tertiary/aromatic N) is 2. The highest BCUT2D eigenvalue weighted by Crippen LogP contribution is 2.29. The fourth-order valence-electron chi connectivity index (χ4n) is 2.92. The Bertz CT molecular complexity index is 581. The number of nitrogens with one attached hydrogen (secondary N) is 1. The van der Waals surface area contributed by atoms with Crippen molar-refractivity contribution >= 4 is 28.3 Å². The van der Waals surface area contributed by atoms with E-state index in [2.05, 4.69) is 17.2 Å². The number of hydrogen-bond acceptors (Lipinski definition) is 5. The van der Waals surface area contributed by atoms with Crippen LogP contribution in [0.5, 0.6) is 0 Å². The first-order valence-electron chi connectivity index (χ1n) is 8.36. The molecule has 0 bridgehead atoms. The van der Waals surface area contributed by atoms with E-state index in [1.165, 1.54) is 11.3 Å². The Kier molecular flexibility index (Phi) is 5.27. The van der Waals surface area contributed by atoms with Gasteiger partial charge in [-0.3, -0.25) is 14.9 Å². The maximum Gasteiger partial charge on any atom is 0.255 e. The summed E-state index contributed by atoms with van der Waals surface area (Å²) in [7, 11) is 0.